The molecule has 3 rings (SSSR count). The van der Waals surface area contributed by atoms with E-state index in [0.717, 1.165) is 16.7 Å². The van der Waals surface area contributed by atoms with E-state index >= 15 is 0 Å². The number of hydrogen-bond acceptors (Lipinski definition) is 7. The highest BCUT2D eigenvalue weighted by Gasteiger charge is 2.36. The van der Waals surface area contributed by atoms with Crippen LogP contribution in [0.5, 0.6) is 17.2 Å². The minimum Gasteiger partial charge on any atom is -0.504 e. The van der Waals surface area contributed by atoms with Gasteiger partial charge < -0.3 is 19.9 Å². The number of hydrogen-bond donors (Lipinski definition) is 2. The standard InChI is InChI=1S/C21H19BrN2O6S/c1-3-30-17-8-12(15(22)10-16(17)25)9-18-20(27)24(21(28)31-18)11-19(26)23-13-4-6-14(29-2)7-5-13/h4-10,25H,3,11H2,1-2H3,(H,23,26)/b18-9-. The summed E-state index contributed by atoms with van der Waals surface area (Å²) in [5.41, 5.74) is 1.07. The second-order valence-corrected chi connectivity index (χ2v) is 8.17. The predicted molar refractivity (Wildman–Crippen MR) is 121 cm³/mol. The second-order valence-electron chi connectivity index (χ2n) is 6.32. The number of phenols is 1. The first-order valence-electron chi connectivity index (χ1n) is 9.17. The van der Waals surface area contributed by atoms with Gasteiger partial charge in [0.15, 0.2) is 11.5 Å². The monoisotopic (exact) mass is 506 g/mol. The summed E-state index contributed by atoms with van der Waals surface area (Å²) in [6, 6.07) is 9.69. The molecule has 0 aliphatic carbocycles. The second kappa shape index (κ2) is 9.88. The number of phenolic OH excluding ortho intramolecular Hbond substituents is 1. The van der Waals surface area contributed by atoms with Crippen LogP contribution in [0.2, 0.25) is 0 Å². The molecule has 0 radical (unpaired) electrons. The first-order valence-corrected chi connectivity index (χ1v) is 10.8. The topological polar surface area (TPSA) is 105 Å². The highest BCUT2D eigenvalue weighted by Crippen LogP contribution is 2.37. The largest absolute Gasteiger partial charge is 0.504 e. The molecule has 8 nitrogen and oxygen atoms in total. The maximum absolute atomic E-state index is 12.7. The van der Waals surface area contributed by atoms with Gasteiger partial charge in [0.1, 0.15) is 12.3 Å². The Balaban J connectivity index is 1.73. The Kier molecular flexibility index (Phi) is 7.24. The van der Waals surface area contributed by atoms with Crippen LogP contribution in [0.25, 0.3) is 6.08 Å². The lowest BCUT2D eigenvalue weighted by Crippen LogP contribution is -2.36. The number of carbonyl (C=O) groups is 3. The Morgan fingerprint density at radius 3 is 2.61 bits per heavy atom. The molecular formula is C21H19BrN2O6S. The molecule has 0 spiro atoms. The van der Waals surface area contributed by atoms with Gasteiger partial charge in [-0.1, -0.05) is 15.9 Å². The number of thioether (sulfide) groups is 1. The van der Waals surface area contributed by atoms with Crippen molar-refractivity contribution >= 4 is 56.5 Å². The van der Waals surface area contributed by atoms with Crippen molar-refractivity contribution < 1.29 is 29.0 Å². The zero-order valence-corrected chi connectivity index (χ0v) is 19.1. The minimum absolute atomic E-state index is 0.0471. The quantitative estimate of drug-likeness (QED) is 0.541. The number of nitrogens with zero attached hydrogens (tertiary/aromatic N) is 1. The van der Waals surface area contributed by atoms with Crippen molar-refractivity contribution in [3.63, 3.8) is 0 Å². The highest BCUT2D eigenvalue weighted by atomic mass is 79.9. The van der Waals surface area contributed by atoms with Crippen LogP contribution in [-0.4, -0.2) is 47.3 Å². The van der Waals surface area contributed by atoms with Crippen LogP contribution < -0.4 is 14.8 Å². The molecule has 2 aromatic carbocycles. The molecule has 1 aliphatic heterocycles. The van der Waals surface area contributed by atoms with Crippen molar-refractivity contribution in [2.24, 2.45) is 0 Å². The molecule has 0 bridgehead atoms. The Bertz CT molecular complexity index is 1050. The van der Waals surface area contributed by atoms with Gasteiger partial charge in [-0.2, -0.15) is 0 Å². The van der Waals surface area contributed by atoms with E-state index in [1.807, 2.05) is 0 Å². The fourth-order valence-electron chi connectivity index (χ4n) is 2.74. The van der Waals surface area contributed by atoms with Crippen LogP contribution in [0.1, 0.15) is 12.5 Å². The number of amides is 3. The third-order valence-corrected chi connectivity index (χ3v) is 5.81. The molecule has 0 unspecified atom stereocenters. The first kappa shape index (κ1) is 22.7. The van der Waals surface area contributed by atoms with Gasteiger partial charge in [-0.15, -0.1) is 0 Å². The molecule has 162 valence electrons. The summed E-state index contributed by atoms with van der Waals surface area (Å²) in [6.45, 7) is 1.73. The van der Waals surface area contributed by atoms with E-state index < -0.39 is 23.6 Å². The molecule has 1 heterocycles. The summed E-state index contributed by atoms with van der Waals surface area (Å²) >= 11 is 4.06. The number of nitrogens with one attached hydrogen (secondary N) is 1. The van der Waals surface area contributed by atoms with Crippen LogP contribution in [0.4, 0.5) is 10.5 Å². The number of benzene rings is 2. The maximum Gasteiger partial charge on any atom is 0.294 e. The number of imide groups is 1. The SMILES string of the molecule is CCOc1cc(/C=C2\SC(=O)N(CC(=O)Nc3ccc(OC)cc3)C2=O)c(Br)cc1O. The lowest BCUT2D eigenvalue weighted by atomic mass is 10.2. The lowest BCUT2D eigenvalue weighted by Gasteiger charge is -2.12. The molecule has 1 saturated heterocycles. The van der Waals surface area contributed by atoms with Gasteiger partial charge in [0.25, 0.3) is 11.1 Å². The van der Waals surface area contributed by atoms with Gasteiger partial charge in [-0.05, 0) is 66.7 Å². The van der Waals surface area contributed by atoms with Crippen molar-refractivity contribution in [2.75, 3.05) is 25.6 Å². The molecule has 31 heavy (non-hydrogen) atoms. The van der Waals surface area contributed by atoms with Crippen LogP contribution in [0.15, 0.2) is 45.8 Å². The van der Waals surface area contributed by atoms with E-state index in [1.54, 1.807) is 37.3 Å². The third-order valence-electron chi connectivity index (χ3n) is 4.21. The Morgan fingerprint density at radius 2 is 1.97 bits per heavy atom. The van der Waals surface area contributed by atoms with Crippen LogP contribution >= 0.6 is 27.7 Å². The van der Waals surface area contributed by atoms with Gasteiger partial charge in [-0.3, -0.25) is 19.3 Å². The predicted octanol–water partition coefficient (Wildman–Crippen LogP) is 4.24. The Labute approximate surface area is 191 Å². The van der Waals surface area contributed by atoms with Gasteiger partial charge in [0, 0.05) is 10.2 Å². The molecule has 0 saturated carbocycles. The van der Waals surface area contributed by atoms with E-state index in [2.05, 4.69) is 21.2 Å². The Hall–Kier alpha value is -2.98. The molecular weight excluding hydrogens is 488 g/mol. The van der Waals surface area contributed by atoms with Crippen LogP contribution in [-0.2, 0) is 9.59 Å². The zero-order valence-electron chi connectivity index (χ0n) is 16.7. The van der Waals surface area contributed by atoms with Crippen molar-refractivity contribution in [3.8, 4) is 17.2 Å². The summed E-state index contributed by atoms with van der Waals surface area (Å²) in [4.78, 5) is 38.4. The van der Waals surface area contributed by atoms with Gasteiger partial charge >= 0.3 is 0 Å². The average molecular weight is 507 g/mol. The van der Waals surface area contributed by atoms with Crippen LogP contribution in [0, 0.1) is 0 Å². The molecule has 1 fully saturated rings. The number of halogens is 1. The number of carbonyl (C=O) groups excluding carboxylic acids is 3. The van der Waals surface area contributed by atoms with Crippen molar-refractivity contribution in [2.45, 2.75) is 6.92 Å². The van der Waals surface area contributed by atoms with E-state index in [9.17, 15) is 19.5 Å². The van der Waals surface area contributed by atoms with Gasteiger partial charge in [0.05, 0.1) is 18.6 Å². The number of aromatic hydroxyl groups is 1. The maximum atomic E-state index is 12.7. The van der Waals surface area contributed by atoms with Crippen molar-refractivity contribution in [1.82, 2.24) is 4.90 Å². The first-order chi connectivity index (χ1) is 14.8. The van der Waals surface area contributed by atoms with E-state index in [1.165, 1.54) is 19.3 Å². The molecule has 0 aromatic heterocycles. The summed E-state index contributed by atoms with van der Waals surface area (Å²) in [5.74, 6) is -0.220. The summed E-state index contributed by atoms with van der Waals surface area (Å²) in [7, 11) is 1.54. The fourth-order valence-corrected chi connectivity index (χ4v) is 4.01. The summed E-state index contributed by atoms with van der Waals surface area (Å²) in [6.07, 6.45) is 1.51. The van der Waals surface area contributed by atoms with E-state index in [0.29, 0.717) is 28.1 Å². The third kappa shape index (κ3) is 5.39. The molecule has 10 heteroatoms. The molecule has 1 aliphatic rings. The Morgan fingerprint density at radius 1 is 1.26 bits per heavy atom. The molecule has 0 atom stereocenters. The number of ether oxygens (including phenoxy) is 2. The summed E-state index contributed by atoms with van der Waals surface area (Å²) < 4.78 is 10.9. The lowest BCUT2D eigenvalue weighted by molar-refractivity contribution is -0.127. The number of anilines is 1. The van der Waals surface area contributed by atoms with Crippen molar-refractivity contribution in [3.05, 3.63) is 51.3 Å². The smallest absolute Gasteiger partial charge is 0.294 e. The summed E-state index contributed by atoms with van der Waals surface area (Å²) in [5, 5.41) is 12.0. The van der Waals surface area contributed by atoms with Gasteiger partial charge in [-0.25, -0.2) is 0 Å². The minimum atomic E-state index is -0.571. The molecule has 2 N–H and O–H groups in total. The molecule has 3 amide bonds. The highest BCUT2D eigenvalue weighted by molar-refractivity contribution is 9.10. The van der Waals surface area contributed by atoms with E-state index in [4.69, 9.17) is 9.47 Å². The zero-order chi connectivity index (χ0) is 22.5. The van der Waals surface area contributed by atoms with E-state index in [-0.39, 0.29) is 16.4 Å². The normalized spacial score (nSPS) is 14.8. The fraction of sp³-hybridized carbons (Fsp3) is 0.190. The van der Waals surface area contributed by atoms with Crippen molar-refractivity contribution in [1.29, 1.82) is 0 Å². The van der Waals surface area contributed by atoms with Gasteiger partial charge in [0.2, 0.25) is 5.91 Å². The molecule has 2 aromatic rings. The average Bonchev–Trinajstić information content (AvgIpc) is 2.99. The van der Waals surface area contributed by atoms with Crippen LogP contribution in [0.3, 0.4) is 0 Å². The number of rotatable bonds is 7. The number of methoxy groups -OCH3 is 1.